The molecule has 0 spiro atoms. The first-order chi connectivity index (χ1) is 15.5. The van der Waals surface area contributed by atoms with Crippen molar-refractivity contribution in [2.45, 2.75) is 25.6 Å². The molecule has 8 nitrogen and oxygen atoms in total. The van der Waals surface area contributed by atoms with Gasteiger partial charge in [-0.3, -0.25) is 4.79 Å². The second kappa shape index (κ2) is 9.68. The number of primary amides is 1. The Morgan fingerprint density at radius 3 is 2.45 bits per heavy atom. The van der Waals surface area contributed by atoms with E-state index in [1.54, 1.807) is 48.2 Å². The average molecular weight is 495 g/mol. The minimum atomic E-state index is -3.96. The number of halogens is 2. The van der Waals surface area contributed by atoms with Crippen LogP contribution in [0.2, 0.25) is 0 Å². The van der Waals surface area contributed by atoms with Crippen LogP contribution in [0.15, 0.2) is 59.1 Å². The van der Waals surface area contributed by atoms with Crippen molar-refractivity contribution in [3.8, 4) is 11.8 Å². The summed E-state index contributed by atoms with van der Waals surface area (Å²) in [5, 5.41) is 9.11. The molecule has 1 aliphatic heterocycles. The molecule has 1 heterocycles. The number of hydrogen-bond donors (Lipinski definition) is 1. The zero-order valence-electron chi connectivity index (χ0n) is 17.6. The third-order valence-electron chi connectivity index (χ3n) is 4.75. The predicted molar refractivity (Wildman–Crippen MR) is 120 cm³/mol. The molecular formula is C21H20F2N4O4S2. The van der Waals surface area contributed by atoms with Crippen molar-refractivity contribution < 1.29 is 26.7 Å². The Morgan fingerprint density at radius 2 is 1.91 bits per heavy atom. The number of allylic oxidation sites excluding steroid dienone is 1. The van der Waals surface area contributed by atoms with Gasteiger partial charge in [-0.1, -0.05) is 30.0 Å². The van der Waals surface area contributed by atoms with E-state index < -0.39 is 28.0 Å². The van der Waals surface area contributed by atoms with Crippen LogP contribution in [0.25, 0.3) is 0 Å². The fourth-order valence-corrected chi connectivity index (χ4v) is 6.19. The molecule has 174 valence electrons. The van der Waals surface area contributed by atoms with Crippen LogP contribution in [-0.4, -0.2) is 37.0 Å². The quantitative estimate of drug-likeness (QED) is 0.599. The smallest absolute Gasteiger partial charge is 0.387 e. The third kappa shape index (κ3) is 5.37. The Morgan fingerprint density at radius 1 is 1.27 bits per heavy atom. The number of carbonyl (C=O) groups excluding carboxylic acids is 1. The molecule has 3 rings (SSSR count). The van der Waals surface area contributed by atoms with Crippen molar-refractivity contribution in [2.24, 2.45) is 5.73 Å². The van der Waals surface area contributed by atoms with E-state index in [9.17, 15) is 22.0 Å². The van der Waals surface area contributed by atoms with E-state index in [0.717, 1.165) is 22.3 Å². The number of carbonyl (C=O) groups is 1. The first kappa shape index (κ1) is 24.3. The highest BCUT2D eigenvalue weighted by molar-refractivity contribution is 8.04. The number of amides is 1. The third-order valence-corrected chi connectivity index (χ3v) is 7.20. The van der Waals surface area contributed by atoms with Crippen LogP contribution in [0, 0.1) is 11.3 Å². The van der Waals surface area contributed by atoms with Crippen molar-refractivity contribution in [1.82, 2.24) is 4.31 Å². The summed E-state index contributed by atoms with van der Waals surface area (Å²) >= 11 is 1.09. The lowest BCUT2D eigenvalue weighted by atomic mass is 10.1. The summed E-state index contributed by atoms with van der Waals surface area (Å²) in [5.41, 5.74) is 5.57. The molecule has 33 heavy (non-hydrogen) atoms. The van der Waals surface area contributed by atoms with Crippen molar-refractivity contribution in [3.63, 3.8) is 0 Å². The number of alkyl halides is 2. The first-order valence-corrected chi connectivity index (χ1v) is 12.2. The second-order valence-electron chi connectivity index (χ2n) is 7.04. The van der Waals surface area contributed by atoms with Crippen LogP contribution < -0.4 is 15.4 Å². The summed E-state index contributed by atoms with van der Waals surface area (Å²) in [6, 6.07) is 14.4. The largest absolute Gasteiger partial charge is 0.434 e. The van der Waals surface area contributed by atoms with Gasteiger partial charge in [-0.25, -0.2) is 12.7 Å². The molecule has 1 aliphatic rings. The lowest BCUT2D eigenvalue weighted by molar-refractivity contribution is -0.115. The molecule has 0 radical (unpaired) electrons. The minimum Gasteiger partial charge on any atom is -0.434 e. The summed E-state index contributed by atoms with van der Waals surface area (Å²) in [4.78, 5) is 14.1. The highest BCUT2D eigenvalue weighted by Crippen LogP contribution is 2.43. The summed E-state index contributed by atoms with van der Waals surface area (Å²) in [5.74, 6) is -0.978. The van der Waals surface area contributed by atoms with E-state index in [4.69, 9.17) is 11.0 Å². The second-order valence-corrected chi connectivity index (χ2v) is 10.2. The molecule has 12 heteroatoms. The lowest BCUT2D eigenvalue weighted by Gasteiger charge is -2.36. The number of rotatable bonds is 8. The maximum absolute atomic E-state index is 12.9. The number of nitriles is 1. The number of ether oxygens (including phenoxy) is 1. The summed E-state index contributed by atoms with van der Waals surface area (Å²) in [6.45, 7) is -1.51. The Labute approximate surface area is 194 Å². The van der Waals surface area contributed by atoms with Crippen molar-refractivity contribution in [1.29, 1.82) is 5.26 Å². The number of sulfonamides is 1. The van der Waals surface area contributed by atoms with Crippen LogP contribution in [0.4, 0.5) is 14.5 Å². The molecule has 0 saturated heterocycles. The maximum atomic E-state index is 12.9. The summed E-state index contributed by atoms with van der Waals surface area (Å²) < 4.78 is 56.8. The predicted octanol–water partition coefficient (Wildman–Crippen LogP) is 3.18. The number of nitrogens with two attached hydrogens (primary N) is 1. The number of anilines is 1. The Kier molecular flexibility index (Phi) is 7.14. The maximum Gasteiger partial charge on any atom is 0.387 e. The van der Waals surface area contributed by atoms with Crippen molar-refractivity contribution in [2.75, 3.05) is 11.2 Å². The number of para-hydroxylation sites is 1. The van der Waals surface area contributed by atoms with Gasteiger partial charge in [0.2, 0.25) is 10.0 Å². The number of benzene rings is 2. The van der Waals surface area contributed by atoms with Crippen molar-refractivity contribution in [3.05, 3.63) is 70.3 Å². The van der Waals surface area contributed by atoms with E-state index in [2.05, 4.69) is 4.74 Å². The fraction of sp³-hybridized carbons (Fsp3) is 0.238. The standard InChI is InChI=1S/C21H20F2N4O4S2/c1-13-18(19(25)28)27(33(2,29)30)21(32-13)26(16-9-7-14(11-24)8-10-16)12-15-5-3-4-6-17(15)31-20(22)23/h3-10,20-21H,12H2,1-2H3,(H2,25,28). The zero-order valence-corrected chi connectivity index (χ0v) is 19.2. The Bertz CT molecular complexity index is 1230. The van der Waals surface area contributed by atoms with Crippen LogP contribution in [-0.2, 0) is 21.4 Å². The van der Waals surface area contributed by atoms with E-state index in [1.165, 1.54) is 12.1 Å². The first-order valence-electron chi connectivity index (χ1n) is 9.49. The van der Waals surface area contributed by atoms with Crippen LogP contribution in [0.3, 0.4) is 0 Å². The molecule has 0 bridgehead atoms. The highest BCUT2D eigenvalue weighted by atomic mass is 32.2. The molecule has 1 amide bonds. The van der Waals surface area contributed by atoms with Gasteiger partial charge in [-0.15, -0.1) is 0 Å². The number of hydrogen-bond acceptors (Lipinski definition) is 7. The molecule has 0 saturated carbocycles. The SMILES string of the molecule is CC1=C(C(N)=O)N(S(C)(=O)=O)C(N(Cc2ccccc2OC(F)F)c2ccc(C#N)cc2)S1. The molecular weight excluding hydrogens is 474 g/mol. The average Bonchev–Trinajstić information content (AvgIpc) is 3.10. The molecule has 0 fully saturated rings. The van der Waals surface area contributed by atoms with Gasteiger partial charge in [0.15, 0.2) is 5.50 Å². The van der Waals surface area contributed by atoms with Gasteiger partial charge in [-0.2, -0.15) is 14.0 Å². The Balaban J connectivity index is 2.12. The Hall–Kier alpha value is -3.30. The molecule has 0 aromatic heterocycles. The number of thioether (sulfide) groups is 1. The minimum absolute atomic E-state index is 0.0438. The normalized spacial score (nSPS) is 16.1. The monoisotopic (exact) mass is 494 g/mol. The number of nitrogens with zero attached hydrogens (tertiary/aromatic N) is 3. The fourth-order valence-electron chi connectivity index (χ4n) is 3.38. The molecule has 0 aliphatic carbocycles. The highest BCUT2D eigenvalue weighted by Gasteiger charge is 2.43. The van der Waals surface area contributed by atoms with Gasteiger partial charge in [0.1, 0.15) is 11.4 Å². The van der Waals surface area contributed by atoms with Gasteiger partial charge in [-0.05, 0) is 37.3 Å². The lowest BCUT2D eigenvalue weighted by Crippen LogP contribution is -2.47. The van der Waals surface area contributed by atoms with E-state index in [-0.39, 0.29) is 18.0 Å². The van der Waals surface area contributed by atoms with Crippen molar-refractivity contribution >= 4 is 33.4 Å². The van der Waals surface area contributed by atoms with Gasteiger partial charge in [0.05, 0.1) is 17.9 Å². The summed E-state index contributed by atoms with van der Waals surface area (Å²) in [7, 11) is -3.96. The van der Waals surface area contributed by atoms with Crippen LogP contribution in [0.5, 0.6) is 5.75 Å². The zero-order chi connectivity index (χ0) is 24.3. The van der Waals surface area contributed by atoms with Gasteiger partial charge in [0, 0.05) is 22.7 Å². The molecule has 2 aromatic rings. The van der Waals surface area contributed by atoms with Crippen LogP contribution >= 0.6 is 11.8 Å². The van der Waals surface area contributed by atoms with E-state index >= 15 is 0 Å². The van der Waals surface area contributed by atoms with Gasteiger partial charge >= 0.3 is 6.61 Å². The molecule has 2 aromatic carbocycles. The van der Waals surface area contributed by atoms with Crippen LogP contribution in [0.1, 0.15) is 18.1 Å². The van der Waals surface area contributed by atoms with Gasteiger partial charge in [0.25, 0.3) is 5.91 Å². The molecule has 2 N–H and O–H groups in total. The summed E-state index contributed by atoms with van der Waals surface area (Å²) in [6.07, 6.45) is 0.951. The van der Waals surface area contributed by atoms with E-state index in [1.807, 2.05) is 6.07 Å². The molecule has 1 atom stereocenters. The molecule has 1 unspecified atom stereocenters. The topological polar surface area (TPSA) is 117 Å². The van der Waals surface area contributed by atoms with Gasteiger partial charge < -0.3 is 15.4 Å². The van der Waals surface area contributed by atoms with E-state index in [0.29, 0.717) is 21.7 Å².